The highest BCUT2D eigenvalue weighted by Crippen LogP contribution is 2.18. The minimum absolute atomic E-state index is 0.0580. The van der Waals surface area contributed by atoms with Crippen molar-refractivity contribution in [2.75, 3.05) is 23.9 Å². The lowest BCUT2D eigenvalue weighted by molar-refractivity contribution is 0.0741. The first-order chi connectivity index (χ1) is 13.3. The first-order valence-corrected chi connectivity index (χ1v) is 10.4. The number of pyridine rings is 1. The maximum atomic E-state index is 12.7. The van der Waals surface area contributed by atoms with Crippen molar-refractivity contribution in [2.24, 2.45) is 0 Å². The van der Waals surface area contributed by atoms with E-state index in [0.29, 0.717) is 17.7 Å². The fourth-order valence-corrected chi connectivity index (χ4v) is 4.71. The van der Waals surface area contributed by atoms with E-state index in [4.69, 9.17) is 5.26 Å². The second kappa shape index (κ2) is 7.78. The van der Waals surface area contributed by atoms with Gasteiger partial charge in [-0.3, -0.25) is 9.59 Å². The zero-order valence-electron chi connectivity index (χ0n) is 15.1. The van der Waals surface area contributed by atoms with Crippen molar-refractivity contribution in [2.45, 2.75) is 12.5 Å². The first kappa shape index (κ1) is 19.5. The number of sulfone groups is 1. The van der Waals surface area contributed by atoms with Crippen LogP contribution in [0.5, 0.6) is 0 Å². The average Bonchev–Trinajstić information content (AvgIpc) is 3.07. The van der Waals surface area contributed by atoms with Gasteiger partial charge in [-0.2, -0.15) is 5.26 Å². The van der Waals surface area contributed by atoms with Crippen molar-refractivity contribution in [3.8, 4) is 6.07 Å². The molecule has 0 spiro atoms. The van der Waals surface area contributed by atoms with Crippen LogP contribution in [0.25, 0.3) is 0 Å². The molecule has 1 atom stereocenters. The van der Waals surface area contributed by atoms with Gasteiger partial charge in [0.2, 0.25) is 0 Å². The molecule has 2 aromatic rings. The van der Waals surface area contributed by atoms with Crippen LogP contribution in [-0.4, -0.2) is 54.7 Å². The van der Waals surface area contributed by atoms with E-state index in [1.807, 2.05) is 6.07 Å². The van der Waals surface area contributed by atoms with Gasteiger partial charge in [0.15, 0.2) is 9.84 Å². The number of carbonyl (C=O) groups is 2. The topological polar surface area (TPSA) is 120 Å². The van der Waals surface area contributed by atoms with Crippen LogP contribution >= 0.6 is 0 Å². The largest absolute Gasteiger partial charge is 0.336 e. The Morgan fingerprint density at radius 1 is 1.18 bits per heavy atom. The van der Waals surface area contributed by atoms with Crippen LogP contribution in [0, 0.1) is 11.3 Å². The molecule has 1 aliphatic heterocycles. The molecule has 0 radical (unpaired) electrons. The third kappa shape index (κ3) is 4.35. The highest BCUT2D eigenvalue weighted by atomic mass is 32.2. The molecule has 1 fully saturated rings. The predicted octanol–water partition coefficient (Wildman–Crippen LogP) is 1.46. The lowest BCUT2D eigenvalue weighted by Crippen LogP contribution is -2.38. The Labute approximate surface area is 162 Å². The van der Waals surface area contributed by atoms with Crippen molar-refractivity contribution >= 4 is 27.3 Å². The maximum absolute atomic E-state index is 12.7. The second-order valence-corrected chi connectivity index (χ2v) is 8.75. The molecule has 1 saturated heterocycles. The van der Waals surface area contributed by atoms with Crippen LogP contribution in [0.15, 0.2) is 42.5 Å². The Morgan fingerprint density at radius 2 is 1.86 bits per heavy atom. The highest BCUT2D eigenvalue weighted by Gasteiger charge is 2.33. The Balaban J connectivity index is 1.73. The number of nitrogens with zero attached hydrogens (tertiary/aromatic N) is 3. The molecule has 0 bridgehead atoms. The van der Waals surface area contributed by atoms with Crippen molar-refractivity contribution in [1.82, 2.24) is 9.88 Å². The highest BCUT2D eigenvalue weighted by molar-refractivity contribution is 7.91. The van der Waals surface area contributed by atoms with Gasteiger partial charge in [-0.1, -0.05) is 6.07 Å². The summed E-state index contributed by atoms with van der Waals surface area (Å²) < 4.78 is 23.3. The molecule has 3 rings (SSSR count). The molecular formula is C19H18N4O4S. The quantitative estimate of drug-likeness (QED) is 0.832. The third-order valence-electron chi connectivity index (χ3n) is 4.55. The van der Waals surface area contributed by atoms with Crippen LogP contribution in [0.4, 0.5) is 5.69 Å². The summed E-state index contributed by atoms with van der Waals surface area (Å²) >= 11 is 0. The maximum Gasteiger partial charge on any atom is 0.274 e. The molecule has 1 aromatic carbocycles. The standard InChI is InChI=1S/C19H18N4O4S/c1-23(15-9-10-28(26,27)12-15)19(25)17-4-2-3-16(22-17)18(24)21-14-7-5-13(11-20)6-8-14/h2-8,15H,9-10,12H2,1H3,(H,21,24). The molecule has 1 N–H and O–H groups in total. The summed E-state index contributed by atoms with van der Waals surface area (Å²) in [5.41, 5.74) is 1.10. The summed E-state index contributed by atoms with van der Waals surface area (Å²) in [7, 11) is -1.58. The zero-order valence-corrected chi connectivity index (χ0v) is 15.9. The Morgan fingerprint density at radius 3 is 2.46 bits per heavy atom. The summed E-state index contributed by atoms with van der Waals surface area (Å²) in [5, 5.41) is 11.5. The summed E-state index contributed by atoms with van der Waals surface area (Å²) in [5.74, 6) is -0.926. The Kier molecular flexibility index (Phi) is 5.42. The predicted molar refractivity (Wildman–Crippen MR) is 102 cm³/mol. The summed E-state index contributed by atoms with van der Waals surface area (Å²) in [6.07, 6.45) is 0.392. The zero-order chi connectivity index (χ0) is 20.3. The van der Waals surface area contributed by atoms with Crippen molar-refractivity contribution < 1.29 is 18.0 Å². The SMILES string of the molecule is CN(C(=O)c1cccc(C(=O)Nc2ccc(C#N)cc2)n1)C1CCS(=O)(=O)C1. The van der Waals surface area contributed by atoms with Crippen LogP contribution in [-0.2, 0) is 9.84 Å². The number of aromatic nitrogens is 1. The number of hydrogen-bond donors (Lipinski definition) is 1. The van der Waals surface area contributed by atoms with E-state index in [-0.39, 0.29) is 22.9 Å². The Hall–Kier alpha value is -3.25. The van der Waals surface area contributed by atoms with Gasteiger partial charge >= 0.3 is 0 Å². The molecule has 1 aromatic heterocycles. The fraction of sp³-hybridized carbons (Fsp3) is 0.263. The van der Waals surface area contributed by atoms with E-state index < -0.39 is 27.7 Å². The van der Waals surface area contributed by atoms with Gasteiger partial charge in [0.1, 0.15) is 11.4 Å². The van der Waals surface area contributed by atoms with E-state index in [1.165, 1.54) is 17.0 Å². The summed E-state index contributed by atoms with van der Waals surface area (Å²) in [6.45, 7) is 0. The number of nitrogens with one attached hydrogen (secondary N) is 1. The molecule has 144 valence electrons. The van der Waals surface area contributed by atoms with E-state index in [9.17, 15) is 18.0 Å². The third-order valence-corrected chi connectivity index (χ3v) is 6.30. The van der Waals surface area contributed by atoms with E-state index in [0.717, 1.165) is 0 Å². The number of benzene rings is 1. The number of carbonyl (C=O) groups excluding carboxylic acids is 2. The minimum Gasteiger partial charge on any atom is -0.336 e. The molecule has 0 saturated carbocycles. The second-order valence-electron chi connectivity index (χ2n) is 6.52. The molecule has 2 heterocycles. The van der Waals surface area contributed by atoms with Crippen molar-refractivity contribution in [3.63, 3.8) is 0 Å². The molecular weight excluding hydrogens is 380 g/mol. The van der Waals surface area contributed by atoms with Gasteiger partial charge in [-0.25, -0.2) is 13.4 Å². The van der Waals surface area contributed by atoms with Gasteiger partial charge in [-0.05, 0) is 42.8 Å². The lowest BCUT2D eigenvalue weighted by Gasteiger charge is -2.23. The van der Waals surface area contributed by atoms with Crippen LogP contribution in [0.2, 0.25) is 0 Å². The van der Waals surface area contributed by atoms with E-state index in [2.05, 4.69) is 10.3 Å². The molecule has 1 aliphatic rings. The minimum atomic E-state index is -3.12. The fourth-order valence-electron chi connectivity index (χ4n) is 2.93. The Bertz CT molecular complexity index is 1060. The first-order valence-electron chi connectivity index (χ1n) is 8.55. The van der Waals surface area contributed by atoms with Crippen LogP contribution in [0.1, 0.15) is 33.0 Å². The lowest BCUT2D eigenvalue weighted by atomic mass is 10.2. The number of nitriles is 1. The number of rotatable bonds is 4. The van der Waals surface area contributed by atoms with Gasteiger partial charge < -0.3 is 10.2 Å². The van der Waals surface area contributed by atoms with Crippen molar-refractivity contribution in [3.05, 3.63) is 59.4 Å². The normalized spacial score (nSPS) is 17.5. The molecule has 28 heavy (non-hydrogen) atoms. The smallest absolute Gasteiger partial charge is 0.274 e. The molecule has 0 aliphatic carbocycles. The molecule has 8 nitrogen and oxygen atoms in total. The summed E-state index contributed by atoms with van der Waals surface area (Å²) in [6, 6.07) is 12.5. The van der Waals surface area contributed by atoms with E-state index >= 15 is 0 Å². The molecule has 1 unspecified atom stereocenters. The van der Waals surface area contributed by atoms with Crippen LogP contribution in [0.3, 0.4) is 0 Å². The van der Waals surface area contributed by atoms with Gasteiger partial charge in [0.25, 0.3) is 11.8 Å². The number of anilines is 1. The van der Waals surface area contributed by atoms with Gasteiger partial charge in [0, 0.05) is 18.8 Å². The van der Waals surface area contributed by atoms with Crippen LogP contribution < -0.4 is 5.32 Å². The van der Waals surface area contributed by atoms with Gasteiger partial charge in [0.05, 0.1) is 23.1 Å². The monoisotopic (exact) mass is 398 g/mol. The average molecular weight is 398 g/mol. The summed E-state index contributed by atoms with van der Waals surface area (Å²) in [4.78, 5) is 30.6. The molecule has 9 heteroatoms. The number of amides is 2. The van der Waals surface area contributed by atoms with E-state index in [1.54, 1.807) is 37.4 Å². The van der Waals surface area contributed by atoms with Gasteiger partial charge in [-0.15, -0.1) is 0 Å². The molecule has 2 amide bonds. The number of hydrogen-bond acceptors (Lipinski definition) is 6. The van der Waals surface area contributed by atoms with Crippen molar-refractivity contribution in [1.29, 1.82) is 5.26 Å².